The van der Waals surface area contributed by atoms with Crippen LogP contribution in [-0.2, 0) is 4.74 Å². The summed E-state index contributed by atoms with van der Waals surface area (Å²) in [6, 6.07) is 25.2. The Morgan fingerprint density at radius 1 is 1.11 bits per heavy atom. The Balaban J connectivity index is 1.56. The maximum Gasteiger partial charge on any atom is 0.0966 e. The number of aliphatic imine (C=N–C) groups is 1. The molecule has 0 aromatic heterocycles. The van der Waals surface area contributed by atoms with Crippen LogP contribution in [0, 0.1) is 22.7 Å². The third kappa shape index (κ3) is 6.83. The number of hydrazine groups is 2. The molecule has 44 heavy (non-hydrogen) atoms. The van der Waals surface area contributed by atoms with Crippen LogP contribution in [0.5, 0.6) is 0 Å². The lowest BCUT2D eigenvalue weighted by Crippen LogP contribution is -2.52. The first-order valence-electron chi connectivity index (χ1n) is 14.1. The number of nitriles is 2. The Morgan fingerprint density at radius 2 is 1.86 bits per heavy atom. The number of nitrogens with zero attached hydrogens (tertiary/aromatic N) is 4. The average molecular weight is 628 g/mol. The van der Waals surface area contributed by atoms with E-state index in [-0.39, 0.29) is 18.1 Å². The molecule has 4 N–H and O–H groups in total. The van der Waals surface area contributed by atoms with E-state index in [0.717, 1.165) is 16.8 Å². The van der Waals surface area contributed by atoms with Crippen molar-refractivity contribution >= 4 is 47.0 Å². The van der Waals surface area contributed by atoms with Gasteiger partial charge in [0.25, 0.3) is 0 Å². The van der Waals surface area contributed by atoms with E-state index >= 15 is 0 Å². The minimum absolute atomic E-state index is 0.220. The molecule has 2 heterocycles. The molecule has 0 amide bonds. The van der Waals surface area contributed by atoms with Gasteiger partial charge >= 0.3 is 0 Å². The Morgan fingerprint density at radius 3 is 2.52 bits per heavy atom. The number of hydrogen-bond donors (Lipinski definition) is 4. The summed E-state index contributed by atoms with van der Waals surface area (Å²) in [6.45, 7) is 6.77. The number of allylic oxidation sites excluding steroid dienone is 1. The fourth-order valence-corrected chi connectivity index (χ4v) is 5.66. The summed E-state index contributed by atoms with van der Waals surface area (Å²) in [7, 11) is 0. The Labute approximate surface area is 267 Å². The molecule has 2 aliphatic heterocycles. The van der Waals surface area contributed by atoms with E-state index < -0.39 is 0 Å². The smallest absolute Gasteiger partial charge is 0.0966 e. The molecule has 1 fully saturated rings. The maximum absolute atomic E-state index is 10.0. The summed E-state index contributed by atoms with van der Waals surface area (Å²) < 4.78 is 5.37. The molecular weight excluding hydrogens is 595 g/mol. The van der Waals surface area contributed by atoms with Crippen molar-refractivity contribution in [1.82, 2.24) is 21.3 Å². The van der Waals surface area contributed by atoms with Crippen LogP contribution in [0.1, 0.15) is 48.5 Å². The Bertz CT molecular complexity index is 1660. The third-order valence-corrected chi connectivity index (χ3v) is 8.19. The predicted octanol–water partition coefficient (Wildman–Crippen LogP) is 6.93. The monoisotopic (exact) mass is 626 g/mol. The predicted molar refractivity (Wildman–Crippen MR) is 175 cm³/mol. The number of nitrogens with one attached hydrogen (secondary N) is 4. The van der Waals surface area contributed by atoms with Crippen LogP contribution in [-0.4, -0.2) is 31.0 Å². The largest absolute Gasteiger partial charge is 0.377 e. The molecule has 0 unspecified atom stereocenters. The molecular formula is C33H32Cl2N8O. The minimum atomic E-state index is -0.390. The number of anilines is 1. The van der Waals surface area contributed by atoms with E-state index in [2.05, 4.69) is 45.4 Å². The summed E-state index contributed by atoms with van der Waals surface area (Å²) in [5.41, 5.74) is 11.9. The highest BCUT2D eigenvalue weighted by molar-refractivity contribution is 6.34. The Kier molecular flexibility index (Phi) is 10.1. The van der Waals surface area contributed by atoms with Gasteiger partial charge in [0.05, 0.1) is 71.2 Å². The standard InChI is InChI=1S/C33H32Cl2N8O/c1-21(17-37)31(40-29(13-8-14-36)22-9-4-3-5-10-22)26-15-23(16-28(35)32(26)38-2)39-33(25-11-6-7-12-27(25)34)30-18-43(42-41-30)24-19-44-20-24/h3-7,9-12,15-16,18,24,29,33,39-42H,2,8,13,19-20H2,1H3/b31-21-/t29-,33+/m1/s1. The van der Waals surface area contributed by atoms with Gasteiger partial charge in [-0.15, -0.1) is 5.53 Å². The van der Waals surface area contributed by atoms with Crippen molar-refractivity contribution in [3.63, 3.8) is 0 Å². The van der Waals surface area contributed by atoms with E-state index in [4.69, 9.17) is 27.9 Å². The van der Waals surface area contributed by atoms with Crippen LogP contribution >= 0.6 is 23.2 Å². The molecule has 224 valence electrons. The topological polar surface area (TPSA) is 121 Å². The SMILES string of the molecule is C=Nc1c(Cl)cc(N[C@H](C2=CN(C3COC3)NN2)c2ccccc2Cl)cc1/C(N[C@H](CCC#N)c1ccccc1)=C(\C)C#N. The zero-order valence-corrected chi connectivity index (χ0v) is 25.7. The molecule has 1 saturated heterocycles. The van der Waals surface area contributed by atoms with Gasteiger partial charge in [-0.25, -0.2) is 0 Å². The van der Waals surface area contributed by atoms with E-state index in [1.165, 1.54) is 0 Å². The van der Waals surface area contributed by atoms with Crippen LogP contribution in [0.3, 0.4) is 0 Å². The molecule has 11 heteroatoms. The fraction of sp³-hybridized carbons (Fsp3) is 0.242. The summed E-state index contributed by atoms with van der Waals surface area (Å²) in [4.78, 5) is 4.25. The quantitative estimate of drug-likeness (QED) is 0.126. The van der Waals surface area contributed by atoms with E-state index in [1.54, 1.807) is 13.0 Å². The minimum Gasteiger partial charge on any atom is -0.377 e. The van der Waals surface area contributed by atoms with Crippen molar-refractivity contribution in [2.24, 2.45) is 4.99 Å². The molecule has 3 aromatic carbocycles. The van der Waals surface area contributed by atoms with Crippen LogP contribution in [0.25, 0.3) is 5.70 Å². The van der Waals surface area contributed by atoms with Crippen LogP contribution in [0.4, 0.5) is 11.4 Å². The fourth-order valence-electron chi connectivity index (χ4n) is 5.14. The summed E-state index contributed by atoms with van der Waals surface area (Å²) >= 11 is 13.5. The first-order chi connectivity index (χ1) is 21.4. The normalized spacial score (nSPS) is 16.3. The molecule has 2 aliphatic rings. The van der Waals surface area contributed by atoms with Gasteiger partial charge in [0.1, 0.15) is 0 Å². The number of halogens is 2. The lowest BCUT2D eigenvalue weighted by atomic mass is 9.98. The zero-order chi connectivity index (χ0) is 31.1. The highest BCUT2D eigenvalue weighted by Crippen LogP contribution is 2.40. The number of benzene rings is 3. The molecule has 0 bridgehead atoms. The second-order valence-electron chi connectivity index (χ2n) is 10.4. The van der Waals surface area contributed by atoms with Crippen molar-refractivity contribution in [3.05, 3.63) is 111 Å². The van der Waals surface area contributed by atoms with Gasteiger partial charge < -0.3 is 20.8 Å². The maximum atomic E-state index is 10.0. The van der Waals surface area contributed by atoms with E-state index in [0.29, 0.717) is 64.3 Å². The second-order valence-corrected chi connectivity index (χ2v) is 11.3. The average Bonchev–Trinajstić information content (AvgIpc) is 3.48. The number of rotatable bonds is 12. The lowest BCUT2D eigenvalue weighted by molar-refractivity contribution is -0.0635. The molecule has 0 spiro atoms. The highest BCUT2D eigenvalue weighted by Gasteiger charge is 2.31. The van der Waals surface area contributed by atoms with Crippen molar-refractivity contribution in [2.75, 3.05) is 18.5 Å². The van der Waals surface area contributed by atoms with Crippen LogP contribution in [0.2, 0.25) is 10.0 Å². The third-order valence-electron chi connectivity index (χ3n) is 7.56. The van der Waals surface area contributed by atoms with E-state index in [1.807, 2.05) is 71.9 Å². The van der Waals surface area contributed by atoms with Crippen molar-refractivity contribution in [1.29, 1.82) is 10.5 Å². The lowest BCUT2D eigenvalue weighted by Gasteiger charge is -2.33. The highest BCUT2D eigenvalue weighted by atomic mass is 35.5. The first kappa shape index (κ1) is 30.9. The van der Waals surface area contributed by atoms with Gasteiger partial charge in [0, 0.05) is 28.9 Å². The molecule has 2 atom stereocenters. The van der Waals surface area contributed by atoms with Gasteiger partial charge in [-0.05, 0) is 49.4 Å². The molecule has 0 aliphatic carbocycles. The van der Waals surface area contributed by atoms with Crippen molar-refractivity contribution in [2.45, 2.75) is 37.9 Å². The summed E-state index contributed by atoms with van der Waals surface area (Å²) in [5, 5.41) is 29.5. The van der Waals surface area contributed by atoms with Gasteiger partial charge in [-0.2, -0.15) is 10.5 Å². The number of ether oxygens (including phenoxy) is 1. The molecule has 9 nitrogen and oxygen atoms in total. The van der Waals surface area contributed by atoms with Gasteiger partial charge in [-0.1, -0.05) is 71.7 Å². The van der Waals surface area contributed by atoms with Crippen molar-refractivity contribution < 1.29 is 4.74 Å². The zero-order valence-electron chi connectivity index (χ0n) is 24.1. The first-order valence-corrected chi connectivity index (χ1v) is 14.9. The molecule has 0 saturated carbocycles. The molecule has 3 aromatic rings. The number of hydrogen-bond acceptors (Lipinski definition) is 9. The van der Waals surface area contributed by atoms with Gasteiger partial charge in [-0.3, -0.25) is 10.0 Å². The summed E-state index contributed by atoms with van der Waals surface area (Å²) in [6.07, 6.45) is 2.87. The second kappa shape index (κ2) is 14.3. The van der Waals surface area contributed by atoms with Crippen molar-refractivity contribution in [3.8, 4) is 12.1 Å². The van der Waals surface area contributed by atoms with Gasteiger partial charge in [0.15, 0.2) is 0 Å². The van der Waals surface area contributed by atoms with E-state index in [9.17, 15) is 10.5 Å². The van der Waals surface area contributed by atoms with Crippen LogP contribution < -0.4 is 21.6 Å². The molecule has 0 radical (unpaired) electrons. The molecule has 5 rings (SSSR count). The summed E-state index contributed by atoms with van der Waals surface area (Å²) in [5.74, 6) is 0. The Hall–Kier alpha value is -4.51. The van der Waals surface area contributed by atoms with Crippen LogP contribution in [0.15, 0.2) is 89.2 Å². The van der Waals surface area contributed by atoms with Gasteiger partial charge in [0.2, 0.25) is 0 Å².